The summed E-state index contributed by atoms with van der Waals surface area (Å²) < 4.78 is 2.42. The Morgan fingerprint density at radius 1 is 1.16 bits per heavy atom. The van der Waals surface area contributed by atoms with Gasteiger partial charge in [0.25, 0.3) is 5.91 Å². The van der Waals surface area contributed by atoms with Crippen LogP contribution in [0.2, 0.25) is 0 Å². The molecule has 1 atom stereocenters. The number of carbonyl (C=O) groups excluding carboxylic acids is 2. The Kier molecular flexibility index (Phi) is 7.56. The van der Waals surface area contributed by atoms with Crippen LogP contribution >= 0.6 is 11.8 Å². The summed E-state index contributed by atoms with van der Waals surface area (Å²) in [5.74, 6) is -0.518. The molecule has 2 aliphatic rings. The Morgan fingerprint density at radius 3 is 2.46 bits per heavy atom. The van der Waals surface area contributed by atoms with Crippen LogP contribution in [0.1, 0.15) is 53.5 Å². The molecule has 37 heavy (non-hydrogen) atoms. The van der Waals surface area contributed by atoms with Gasteiger partial charge in [0.2, 0.25) is 5.91 Å². The Morgan fingerprint density at radius 2 is 1.84 bits per heavy atom. The van der Waals surface area contributed by atoms with E-state index in [9.17, 15) is 9.59 Å². The largest absolute Gasteiger partial charge is 0.392 e. The van der Waals surface area contributed by atoms with Gasteiger partial charge in [-0.15, -0.1) is 0 Å². The van der Waals surface area contributed by atoms with Crippen molar-refractivity contribution in [2.75, 3.05) is 32.1 Å². The normalized spacial score (nSPS) is 23.5. The molecule has 2 saturated heterocycles. The average molecular weight is 528 g/mol. The summed E-state index contributed by atoms with van der Waals surface area (Å²) in [6.45, 7) is 12.0. The first-order valence-corrected chi connectivity index (χ1v) is 13.8. The van der Waals surface area contributed by atoms with Gasteiger partial charge in [0, 0.05) is 42.1 Å². The quantitative estimate of drug-likeness (QED) is 0.323. The first-order valence-electron chi connectivity index (χ1n) is 12.9. The van der Waals surface area contributed by atoms with E-state index < -0.39 is 5.91 Å². The minimum Gasteiger partial charge on any atom is -0.392 e. The van der Waals surface area contributed by atoms with Crippen molar-refractivity contribution in [1.82, 2.24) is 19.7 Å². The molecular formula is C27H41N7O2S. The molecular weight excluding hydrogens is 486 g/mol. The Hall–Kier alpha value is -2.69. The number of piperidine rings is 1. The van der Waals surface area contributed by atoms with Gasteiger partial charge in [-0.2, -0.15) is 0 Å². The summed E-state index contributed by atoms with van der Waals surface area (Å²) in [6, 6.07) is 8.93. The summed E-state index contributed by atoms with van der Waals surface area (Å²) in [4.78, 5) is 29.3. The van der Waals surface area contributed by atoms with Crippen molar-refractivity contribution in [3.8, 4) is 0 Å². The molecule has 202 valence electrons. The van der Waals surface area contributed by atoms with Gasteiger partial charge in [-0.1, -0.05) is 17.8 Å². The summed E-state index contributed by atoms with van der Waals surface area (Å²) >= 11 is 1.32. The van der Waals surface area contributed by atoms with E-state index in [1.807, 2.05) is 6.92 Å². The lowest BCUT2D eigenvalue weighted by Gasteiger charge is -2.54. The Labute approximate surface area is 224 Å². The summed E-state index contributed by atoms with van der Waals surface area (Å²) in [7, 11) is 2.23. The second kappa shape index (κ2) is 10.2. The predicted octanol–water partition coefficient (Wildman–Crippen LogP) is 3.00. The topological polar surface area (TPSA) is 122 Å². The number of hydrogen-bond acceptors (Lipinski definition) is 7. The van der Waals surface area contributed by atoms with Crippen molar-refractivity contribution in [3.05, 3.63) is 41.2 Å². The molecule has 9 nitrogen and oxygen atoms in total. The summed E-state index contributed by atoms with van der Waals surface area (Å²) in [6.07, 6.45) is 4.35. The molecule has 2 amide bonds. The van der Waals surface area contributed by atoms with Gasteiger partial charge in [-0.05, 0) is 78.1 Å². The van der Waals surface area contributed by atoms with E-state index in [1.165, 1.54) is 22.7 Å². The zero-order chi connectivity index (χ0) is 27.1. The van der Waals surface area contributed by atoms with Crippen molar-refractivity contribution < 1.29 is 9.59 Å². The van der Waals surface area contributed by atoms with Gasteiger partial charge in [-0.25, -0.2) is 0 Å². The molecule has 0 radical (unpaired) electrons. The maximum absolute atomic E-state index is 13.0. The number of benzene rings is 1. The molecule has 0 aliphatic carbocycles. The third-order valence-electron chi connectivity index (χ3n) is 7.99. The number of hydrogen-bond donors (Lipinski definition) is 4. The molecule has 3 heterocycles. The highest BCUT2D eigenvalue weighted by molar-refractivity contribution is 8.04. The lowest BCUT2D eigenvalue weighted by atomic mass is 9.77. The van der Waals surface area contributed by atoms with Gasteiger partial charge >= 0.3 is 0 Å². The number of amides is 2. The van der Waals surface area contributed by atoms with Crippen molar-refractivity contribution in [1.29, 1.82) is 0 Å². The highest BCUT2D eigenvalue weighted by Crippen LogP contribution is 2.43. The highest BCUT2D eigenvalue weighted by atomic mass is 32.2. The van der Waals surface area contributed by atoms with Crippen molar-refractivity contribution in [2.24, 2.45) is 11.5 Å². The fraction of sp³-hybridized carbons (Fsp3) is 0.556. The molecule has 0 unspecified atom stereocenters. The van der Waals surface area contributed by atoms with Gasteiger partial charge in [0.05, 0.1) is 12.2 Å². The third-order valence-corrected chi connectivity index (χ3v) is 9.31. The second-order valence-electron chi connectivity index (χ2n) is 11.2. The molecule has 1 aromatic heterocycles. The van der Waals surface area contributed by atoms with Gasteiger partial charge in [-0.3, -0.25) is 14.5 Å². The number of nitrogens with two attached hydrogens (primary N) is 2. The van der Waals surface area contributed by atoms with Crippen LogP contribution in [0, 0.1) is 0 Å². The number of thioether (sulfide) groups is 1. The molecule has 2 aliphatic heterocycles. The number of anilines is 1. The number of nitrogens with one attached hydrogen (secondary N) is 2. The smallest absolute Gasteiger partial charge is 0.270 e. The van der Waals surface area contributed by atoms with E-state index in [-0.39, 0.29) is 34.6 Å². The zero-order valence-electron chi connectivity index (χ0n) is 22.8. The molecule has 0 spiro atoms. The van der Waals surface area contributed by atoms with Crippen LogP contribution < -0.4 is 22.1 Å². The lowest BCUT2D eigenvalue weighted by Crippen LogP contribution is -2.58. The molecule has 4 rings (SSSR count). The molecule has 0 saturated carbocycles. The number of carbonyl (C=O) groups is 2. The van der Waals surface area contributed by atoms with Crippen LogP contribution in [0.15, 0.2) is 41.2 Å². The molecule has 2 fully saturated rings. The fourth-order valence-corrected chi connectivity index (χ4v) is 6.98. The molecule has 10 heteroatoms. The maximum Gasteiger partial charge on any atom is 0.270 e. The number of likely N-dealkylation sites (tertiary alicyclic amines) is 1. The summed E-state index contributed by atoms with van der Waals surface area (Å²) in [5, 5.41) is 7.26. The standard InChI is InChI=1S/C27H41N7O2S/c1-7-33-24(36)21(37-25(33)22(29)23(35)31-16-28)15-30-18-9-8-17-10-11-34(20(17)12-18)19-13-26(2,3)32(6)27(4,5)14-19/h8-12,19,21,30H,7,13-16,28-29H2,1-6H3,(H,31,35)/b25-22+/t21-/m1/s1. The van der Waals surface area contributed by atoms with E-state index in [0.29, 0.717) is 24.2 Å². The van der Waals surface area contributed by atoms with Crippen LogP contribution in [-0.2, 0) is 9.59 Å². The van der Waals surface area contributed by atoms with Crippen LogP contribution in [0.5, 0.6) is 0 Å². The van der Waals surface area contributed by atoms with Gasteiger partial charge in [0.1, 0.15) is 16.0 Å². The first kappa shape index (κ1) is 27.3. The Balaban J connectivity index is 1.53. The molecule has 6 N–H and O–H groups in total. The summed E-state index contributed by atoms with van der Waals surface area (Å²) in [5.41, 5.74) is 13.8. The Bertz CT molecular complexity index is 1200. The van der Waals surface area contributed by atoms with Crippen molar-refractivity contribution in [2.45, 2.75) is 69.8 Å². The van der Waals surface area contributed by atoms with E-state index in [4.69, 9.17) is 11.5 Å². The number of fused-ring (bicyclic) bond motifs is 1. The number of aromatic nitrogens is 1. The van der Waals surface area contributed by atoms with E-state index in [0.717, 1.165) is 18.5 Å². The average Bonchev–Trinajstić information content (AvgIpc) is 3.40. The van der Waals surface area contributed by atoms with Crippen LogP contribution in [0.3, 0.4) is 0 Å². The van der Waals surface area contributed by atoms with E-state index in [1.54, 1.807) is 4.90 Å². The number of rotatable bonds is 7. The highest BCUT2D eigenvalue weighted by Gasteiger charge is 2.43. The van der Waals surface area contributed by atoms with Crippen LogP contribution in [0.4, 0.5) is 5.69 Å². The minimum absolute atomic E-state index is 0.0146. The van der Waals surface area contributed by atoms with Gasteiger partial charge in [0.15, 0.2) is 0 Å². The molecule has 1 aromatic carbocycles. The monoisotopic (exact) mass is 527 g/mol. The maximum atomic E-state index is 13.0. The van der Waals surface area contributed by atoms with Crippen LogP contribution in [0.25, 0.3) is 10.9 Å². The zero-order valence-corrected chi connectivity index (χ0v) is 23.6. The molecule has 0 bridgehead atoms. The first-order chi connectivity index (χ1) is 17.4. The van der Waals surface area contributed by atoms with E-state index >= 15 is 0 Å². The minimum atomic E-state index is -0.462. The van der Waals surface area contributed by atoms with Crippen molar-refractivity contribution in [3.63, 3.8) is 0 Å². The SMILES string of the molecule is CCN1C(=O)[C@@H](CNc2ccc3ccn(C4CC(C)(C)N(C)C(C)(C)C4)c3c2)S/C1=C(/N)C(=O)NCN. The fourth-order valence-electron chi connectivity index (χ4n) is 5.75. The van der Waals surface area contributed by atoms with Crippen LogP contribution in [-0.4, -0.2) is 69.3 Å². The second-order valence-corrected chi connectivity index (χ2v) is 12.4. The third kappa shape index (κ3) is 5.19. The van der Waals surface area contributed by atoms with E-state index in [2.05, 4.69) is 85.3 Å². The van der Waals surface area contributed by atoms with Crippen molar-refractivity contribution >= 4 is 40.2 Å². The number of nitrogens with zero attached hydrogens (tertiary/aromatic N) is 3. The molecule has 2 aromatic rings. The van der Waals surface area contributed by atoms with Gasteiger partial charge < -0.3 is 31.6 Å². The predicted molar refractivity (Wildman–Crippen MR) is 152 cm³/mol. The lowest BCUT2D eigenvalue weighted by molar-refractivity contribution is -0.127.